The molecule has 2 rings (SSSR count). The minimum Gasteiger partial charge on any atom is -0.472 e. The molecule has 1 heterocycles. The lowest BCUT2D eigenvalue weighted by atomic mass is 9.89. The molecule has 84 valence electrons. The van der Waals surface area contributed by atoms with Gasteiger partial charge in [-0.05, 0) is 25.2 Å². The Hall–Kier alpha value is -1.63. The van der Waals surface area contributed by atoms with Crippen molar-refractivity contribution >= 4 is 0 Å². The summed E-state index contributed by atoms with van der Waals surface area (Å²) in [6, 6.07) is 2.00. The molecule has 0 amide bonds. The zero-order valence-electron chi connectivity index (χ0n) is 9.39. The Bertz CT molecular complexity index is 399. The van der Waals surface area contributed by atoms with Gasteiger partial charge in [0.05, 0.1) is 0 Å². The maximum Gasteiger partial charge on any atom is 0.251 e. The van der Waals surface area contributed by atoms with Crippen LogP contribution in [-0.4, -0.2) is 16.1 Å². The molecule has 4 heteroatoms. The molecule has 16 heavy (non-hydrogen) atoms. The normalized spacial score (nSPS) is 24.8. The summed E-state index contributed by atoms with van der Waals surface area (Å²) in [5.74, 6) is 1.07. The molecule has 1 fully saturated rings. The van der Waals surface area contributed by atoms with Gasteiger partial charge in [-0.15, -0.1) is 0 Å². The first-order chi connectivity index (χ1) is 7.79. The van der Waals surface area contributed by atoms with Crippen LogP contribution in [0.4, 0.5) is 0 Å². The molecule has 0 aliphatic heterocycles. The lowest BCUT2D eigenvalue weighted by molar-refractivity contribution is 0.123. The molecule has 2 atom stereocenters. The summed E-state index contributed by atoms with van der Waals surface area (Å²) in [6.07, 6.45) is 7.80. The van der Waals surface area contributed by atoms with E-state index in [9.17, 15) is 0 Å². The highest BCUT2D eigenvalue weighted by Gasteiger charge is 2.21. The molecule has 0 saturated heterocycles. The lowest BCUT2D eigenvalue weighted by Gasteiger charge is -2.26. The maximum atomic E-state index is 8.87. The molecule has 1 aliphatic carbocycles. The molecule has 2 unspecified atom stereocenters. The van der Waals surface area contributed by atoms with Crippen molar-refractivity contribution in [1.29, 1.82) is 5.26 Å². The number of hydrogen-bond donors (Lipinski definition) is 0. The van der Waals surface area contributed by atoms with Gasteiger partial charge in [0.2, 0.25) is 5.69 Å². The summed E-state index contributed by atoms with van der Waals surface area (Å²) in [5.41, 5.74) is 0.278. The average molecular weight is 217 g/mol. The van der Waals surface area contributed by atoms with Gasteiger partial charge in [-0.1, -0.05) is 13.3 Å². The van der Waals surface area contributed by atoms with Crippen molar-refractivity contribution < 1.29 is 4.74 Å². The van der Waals surface area contributed by atoms with Crippen LogP contribution in [-0.2, 0) is 0 Å². The second-order valence-corrected chi connectivity index (χ2v) is 4.33. The molecule has 1 saturated carbocycles. The van der Waals surface area contributed by atoms with Crippen molar-refractivity contribution in [2.75, 3.05) is 0 Å². The van der Waals surface area contributed by atoms with Crippen molar-refractivity contribution in [3.8, 4) is 11.9 Å². The highest BCUT2D eigenvalue weighted by Crippen LogP contribution is 2.27. The van der Waals surface area contributed by atoms with E-state index < -0.39 is 0 Å². The molecular formula is C12H15N3O. The minimum atomic E-state index is 0.188. The number of nitriles is 1. The van der Waals surface area contributed by atoms with Crippen molar-refractivity contribution in [2.24, 2.45) is 5.92 Å². The first-order valence-electron chi connectivity index (χ1n) is 5.67. The Labute approximate surface area is 95.3 Å². The molecule has 0 radical (unpaired) electrons. The third-order valence-corrected chi connectivity index (χ3v) is 2.94. The van der Waals surface area contributed by atoms with Gasteiger partial charge in [-0.2, -0.15) is 5.26 Å². The Morgan fingerprint density at radius 1 is 1.38 bits per heavy atom. The smallest absolute Gasteiger partial charge is 0.251 e. The van der Waals surface area contributed by atoms with E-state index in [4.69, 9.17) is 10.00 Å². The monoisotopic (exact) mass is 217 g/mol. The van der Waals surface area contributed by atoms with E-state index in [1.165, 1.54) is 19.0 Å². The highest BCUT2D eigenvalue weighted by molar-refractivity contribution is 5.30. The fourth-order valence-electron chi connectivity index (χ4n) is 2.13. The van der Waals surface area contributed by atoms with Gasteiger partial charge >= 0.3 is 0 Å². The highest BCUT2D eigenvalue weighted by atomic mass is 16.5. The predicted molar refractivity (Wildman–Crippen MR) is 58.8 cm³/mol. The van der Waals surface area contributed by atoms with Crippen LogP contribution >= 0.6 is 0 Å². The predicted octanol–water partition coefficient (Wildman–Crippen LogP) is 2.31. The van der Waals surface area contributed by atoms with E-state index in [1.807, 2.05) is 6.07 Å². The molecular weight excluding hydrogens is 202 g/mol. The van der Waals surface area contributed by atoms with E-state index in [-0.39, 0.29) is 11.8 Å². The third-order valence-electron chi connectivity index (χ3n) is 2.94. The summed E-state index contributed by atoms with van der Waals surface area (Å²) < 4.78 is 5.75. The molecule has 4 nitrogen and oxygen atoms in total. The molecule has 0 spiro atoms. The van der Waals surface area contributed by atoms with Gasteiger partial charge in [-0.25, -0.2) is 9.97 Å². The van der Waals surface area contributed by atoms with E-state index in [0.29, 0.717) is 11.8 Å². The zero-order valence-corrected chi connectivity index (χ0v) is 9.39. The largest absolute Gasteiger partial charge is 0.472 e. The van der Waals surface area contributed by atoms with E-state index in [1.54, 1.807) is 6.20 Å². The number of aromatic nitrogens is 2. The van der Waals surface area contributed by atoms with Crippen LogP contribution in [0.5, 0.6) is 5.88 Å². The molecule has 0 N–H and O–H groups in total. The third kappa shape index (κ3) is 2.48. The van der Waals surface area contributed by atoms with E-state index >= 15 is 0 Å². The molecule has 0 aromatic carbocycles. The van der Waals surface area contributed by atoms with Crippen molar-refractivity contribution in [3.05, 3.63) is 18.1 Å². The first kappa shape index (κ1) is 10.9. The minimum absolute atomic E-state index is 0.188. The Kier molecular flexibility index (Phi) is 3.35. The second-order valence-electron chi connectivity index (χ2n) is 4.33. The van der Waals surface area contributed by atoms with Crippen molar-refractivity contribution in [1.82, 2.24) is 9.97 Å². The Morgan fingerprint density at radius 2 is 2.19 bits per heavy atom. The van der Waals surface area contributed by atoms with Crippen LogP contribution in [0.2, 0.25) is 0 Å². The lowest BCUT2D eigenvalue weighted by Crippen LogP contribution is -2.24. The van der Waals surface area contributed by atoms with E-state index in [2.05, 4.69) is 16.9 Å². The van der Waals surface area contributed by atoms with Crippen LogP contribution in [0.1, 0.15) is 38.3 Å². The summed E-state index contributed by atoms with van der Waals surface area (Å²) in [7, 11) is 0. The van der Waals surface area contributed by atoms with Gasteiger partial charge in [0.15, 0.2) is 0 Å². The first-order valence-corrected chi connectivity index (χ1v) is 5.67. The molecule has 0 bridgehead atoms. The Morgan fingerprint density at radius 3 is 2.94 bits per heavy atom. The van der Waals surface area contributed by atoms with Crippen LogP contribution in [0.3, 0.4) is 0 Å². The summed E-state index contributed by atoms with van der Waals surface area (Å²) >= 11 is 0. The fourth-order valence-corrected chi connectivity index (χ4v) is 2.13. The molecule has 1 aliphatic rings. The van der Waals surface area contributed by atoms with Crippen LogP contribution < -0.4 is 4.74 Å². The van der Waals surface area contributed by atoms with Crippen molar-refractivity contribution in [3.63, 3.8) is 0 Å². The summed E-state index contributed by atoms with van der Waals surface area (Å²) in [4.78, 5) is 7.99. The standard InChI is InChI=1S/C12H15N3O/c1-9-3-2-4-10(7-9)16-12-11(8-13)14-5-6-15-12/h5-6,9-10H,2-4,7H2,1H3. The summed E-state index contributed by atoms with van der Waals surface area (Å²) in [6.45, 7) is 2.23. The Balaban J connectivity index is 2.06. The summed E-state index contributed by atoms with van der Waals surface area (Å²) in [5, 5.41) is 8.87. The topological polar surface area (TPSA) is 58.8 Å². The van der Waals surface area contributed by atoms with Crippen LogP contribution in [0, 0.1) is 17.2 Å². The van der Waals surface area contributed by atoms with Gasteiger partial charge in [0.1, 0.15) is 12.2 Å². The van der Waals surface area contributed by atoms with Gasteiger partial charge in [0, 0.05) is 12.4 Å². The fraction of sp³-hybridized carbons (Fsp3) is 0.583. The zero-order chi connectivity index (χ0) is 11.4. The SMILES string of the molecule is CC1CCCC(Oc2nccnc2C#N)C1. The van der Waals surface area contributed by atoms with Crippen molar-refractivity contribution in [2.45, 2.75) is 38.7 Å². The number of rotatable bonds is 2. The number of nitrogens with zero attached hydrogens (tertiary/aromatic N) is 3. The van der Waals surface area contributed by atoms with Gasteiger partial charge in [-0.3, -0.25) is 0 Å². The van der Waals surface area contributed by atoms with Gasteiger partial charge in [0.25, 0.3) is 5.88 Å². The van der Waals surface area contributed by atoms with Gasteiger partial charge < -0.3 is 4.74 Å². The van der Waals surface area contributed by atoms with Crippen LogP contribution in [0.25, 0.3) is 0 Å². The maximum absolute atomic E-state index is 8.87. The van der Waals surface area contributed by atoms with E-state index in [0.717, 1.165) is 12.8 Å². The number of ether oxygens (including phenoxy) is 1. The molecule has 1 aromatic heterocycles. The second kappa shape index (κ2) is 4.93. The van der Waals surface area contributed by atoms with Crippen LogP contribution in [0.15, 0.2) is 12.4 Å². The quantitative estimate of drug-likeness (QED) is 0.762. The number of hydrogen-bond acceptors (Lipinski definition) is 4. The molecule has 1 aromatic rings. The average Bonchev–Trinajstić information content (AvgIpc) is 2.30.